The van der Waals surface area contributed by atoms with Crippen LogP contribution in [0.4, 0.5) is 19.0 Å². The van der Waals surface area contributed by atoms with Crippen LogP contribution in [-0.2, 0) is 6.42 Å². The van der Waals surface area contributed by atoms with E-state index in [0.29, 0.717) is 30.0 Å². The molecule has 0 saturated heterocycles. The number of aromatic nitrogens is 4. The fourth-order valence-corrected chi connectivity index (χ4v) is 2.84. The highest BCUT2D eigenvalue weighted by Gasteiger charge is 2.42. The third kappa shape index (κ3) is 5.13. The summed E-state index contributed by atoms with van der Waals surface area (Å²) in [6.45, 7) is 3.96. The van der Waals surface area contributed by atoms with Gasteiger partial charge in [-0.25, -0.2) is 9.97 Å². The van der Waals surface area contributed by atoms with Gasteiger partial charge in [0.05, 0.1) is 6.20 Å². The Morgan fingerprint density at radius 2 is 1.90 bits per heavy atom. The summed E-state index contributed by atoms with van der Waals surface area (Å²) in [6.07, 6.45) is -0.550. The van der Waals surface area contributed by atoms with Crippen LogP contribution in [0.5, 0.6) is 0 Å². The van der Waals surface area contributed by atoms with Gasteiger partial charge in [-0.05, 0) is 31.4 Å². The summed E-state index contributed by atoms with van der Waals surface area (Å²) in [5, 5.41) is 11.7. The van der Waals surface area contributed by atoms with Crippen molar-refractivity contribution in [1.82, 2.24) is 25.5 Å². The fraction of sp³-hybridized carbons (Fsp3) is 0.300. The zero-order chi connectivity index (χ0) is 21.7. The van der Waals surface area contributed by atoms with Crippen molar-refractivity contribution in [1.29, 1.82) is 0 Å². The molecule has 0 bridgehead atoms. The van der Waals surface area contributed by atoms with Crippen LogP contribution >= 0.6 is 0 Å². The normalized spacial score (nSPS) is 12.4. The third-order valence-corrected chi connectivity index (χ3v) is 4.59. The fourth-order valence-electron chi connectivity index (χ4n) is 2.84. The molecule has 7 nitrogen and oxygen atoms in total. The maximum absolute atomic E-state index is 13.5. The van der Waals surface area contributed by atoms with Gasteiger partial charge in [0, 0.05) is 24.0 Å². The van der Waals surface area contributed by atoms with Crippen LogP contribution < -0.4 is 10.6 Å². The summed E-state index contributed by atoms with van der Waals surface area (Å²) >= 11 is 0. The van der Waals surface area contributed by atoms with Crippen LogP contribution in [-0.4, -0.2) is 38.8 Å². The van der Waals surface area contributed by atoms with E-state index in [9.17, 15) is 18.0 Å². The zero-order valence-electron chi connectivity index (χ0n) is 16.4. The number of H-pyrrole nitrogens is 1. The van der Waals surface area contributed by atoms with Crippen LogP contribution in [0, 0.1) is 13.8 Å². The molecule has 0 saturated carbocycles. The van der Waals surface area contributed by atoms with E-state index in [1.165, 1.54) is 24.3 Å². The highest BCUT2D eigenvalue weighted by molar-refractivity contribution is 5.91. The second-order valence-electron chi connectivity index (χ2n) is 6.75. The van der Waals surface area contributed by atoms with Crippen LogP contribution in [0.3, 0.4) is 0 Å². The number of carbonyl (C=O) groups excluding carboxylic acids is 1. The smallest absolute Gasteiger partial charge is 0.369 e. The Hall–Kier alpha value is -3.43. The molecule has 0 fully saturated rings. The first-order valence-electron chi connectivity index (χ1n) is 9.25. The van der Waals surface area contributed by atoms with E-state index in [1.807, 2.05) is 5.32 Å². The van der Waals surface area contributed by atoms with Gasteiger partial charge in [-0.2, -0.15) is 18.3 Å². The summed E-state index contributed by atoms with van der Waals surface area (Å²) in [6, 6.07) is 5.02. The molecule has 0 aliphatic rings. The third-order valence-electron chi connectivity index (χ3n) is 4.59. The summed E-state index contributed by atoms with van der Waals surface area (Å²) in [5.41, 5.74) is 2.14. The lowest BCUT2D eigenvalue weighted by atomic mass is 10.1. The lowest BCUT2D eigenvalue weighted by Crippen LogP contribution is -2.39. The number of alkyl halides is 3. The number of benzene rings is 1. The van der Waals surface area contributed by atoms with Crippen LogP contribution in [0.25, 0.3) is 0 Å². The maximum Gasteiger partial charge on any atom is 0.412 e. The molecule has 30 heavy (non-hydrogen) atoms. The van der Waals surface area contributed by atoms with Gasteiger partial charge in [0.1, 0.15) is 5.82 Å². The SMILES string of the molecule is Cc1nc(C(=O)NC(c2ccccc2)C(F)(F)F)nc(NCCc2cn[nH]c2)c1C. The van der Waals surface area contributed by atoms with Gasteiger partial charge in [-0.3, -0.25) is 9.89 Å². The second kappa shape index (κ2) is 8.93. The van der Waals surface area contributed by atoms with Crippen molar-refractivity contribution in [2.24, 2.45) is 0 Å². The summed E-state index contributed by atoms with van der Waals surface area (Å²) < 4.78 is 40.6. The molecule has 2 heterocycles. The molecule has 0 aliphatic carbocycles. The van der Waals surface area contributed by atoms with Crippen molar-refractivity contribution in [3.05, 3.63) is 70.9 Å². The second-order valence-corrected chi connectivity index (χ2v) is 6.75. The van der Waals surface area contributed by atoms with E-state index >= 15 is 0 Å². The number of aromatic amines is 1. The van der Waals surface area contributed by atoms with Crippen molar-refractivity contribution in [3.8, 4) is 0 Å². The highest BCUT2D eigenvalue weighted by atomic mass is 19.4. The molecule has 3 aromatic rings. The minimum absolute atomic E-state index is 0.0688. The number of anilines is 1. The molecule has 158 valence electrons. The van der Waals surface area contributed by atoms with Gasteiger partial charge in [0.25, 0.3) is 5.91 Å². The molecule has 1 unspecified atom stereocenters. The van der Waals surface area contributed by atoms with Gasteiger partial charge in [-0.15, -0.1) is 0 Å². The summed E-state index contributed by atoms with van der Waals surface area (Å²) in [4.78, 5) is 20.8. The monoisotopic (exact) mass is 418 g/mol. The van der Waals surface area contributed by atoms with Crippen LogP contribution in [0.15, 0.2) is 42.7 Å². The predicted octanol–water partition coefficient (Wildman–Crippen LogP) is 3.50. The van der Waals surface area contributed by atoms with Gasteiger partial charge in [0.2, 0.25) is 5.82 Å². The van der Waals surface area contributed by atoms with Gasteiger partial charge in [-0.1, -0.05) is 30.3 Å². The molecule has 2 aromatic heterocycles. The number of rotatable bonds is 7. The Morgan fingerprint density at radius 3 is 2.53 bits per heavy atom. The van der Waals surface area contributed by atoms with E-state index in [2.05, 4.69) is 25.5 Å². The number of nitrogens with zero attached hydrogens (tertiary/aromatic N) is 3. The molecule has 3 N–H and O–H groups in total. The van der Waals surface area contributed by atoms with Crippen molar-refractivity contribution in [3.63, 3.8) is 0 Å². The Morgan fingerprint density at radius 1 is 1.17 bits per heavy atom. The average Bonchev–Trinajstić information content (AvgIpc) is 3.22. The Bertz CT molecular complexity index is 990. The van der Waals surface area contributed by atoms with E-state index < -0.39 is 18.1 Å². The number of halogens is 3. The standard InChI is InChI=1S/C20H21F3N6O/c1-12-13(2)27-18(29-17(12)24-9-8-14-10-25-26-11-14)19(30)28-16(20(21,22)23)15-6-4-3-5-7-15/h3-7,10-11,16H,8-9H2,1-2H3,(H,25,26)(H,28,30)(H,24,27,29). The quantitative estimate of drug-likeness (QED) is 0.546. The minimum atomic E-state index is -4.66. The molecule has 10 heteroatoms. The molecule has 0 radical (unpaired) electrons. The highest BCUT2D eigenvalue weighted by Crippen LogP contribution is 2.32. The van der Waals surface area contributed by atoms with E-state index in [-0.39, 0.29) is 11.4 Å². The van der Waals surface area contributed by atoms with Crippen LogP contribution in [0.1, 0.15) is 39.0 Å². The number of hydrogen-bond donors (Lipinski definition) is 3. The molecular formula is C20H21F3N6O. The zero-order valence-corrected chi connectivity index (χ0v) is 16.4. The van der Waals surface area contributed by atoms with E-state index in [0.717, 1.165) is 5.56 Å². The maximum atomic E-state index is 13.5. The number of amides is 1. The molecular weight excluding hydrogens is 397 g/mol. The van der Waals surface area contributed by atoms with Gasteiger partial charge >= 0.3 is 6.18 Å². The molecule has 1 atom stereocenters. The van der Waals surface area contributed by atoms with Crippen molar-refractivity contribution < 1.29 is 18.0 Å². The van der Waals surface area contributed by atoms with Gasteiger partial charge in [0.15, 0.2) is 6.04 Å². The molecule has 1 aromatic carbocycles. The molecule has 0 aliphatic heterocycles. The first kappa shape index (κ1) is 21.3. The van der Waals surface area contributed by atoms with Crippen molar-refractivity contribution in [2.45, 2.75) is 32.5 Å². The first-order chi connectivity index (χ1) is 14.3. The van der Waals surface area contributed by atoms with Crippen molar-refractivity contribution >= 4 is 11.7 Å². The topological polar surface area (TPSA) is 95.6 Å². The number of aryl methyl sites for hydroxylation is 1. The number of nitrogens with one attached hydrogen (secondary N) is 3. The predicted molar refractivity (Wildman–Crippen MR) is 105 cm³/mol. The average molecular weight is 418 g/mol. The van der Waals surface area contributed by atoms with Gasteiger partial charge < -0.3 is 10.6 Å². The Balaban J connectivity index is 1.78. The summed E-state index contributed by atoms with van der Waals surface area (Å²) in [5.74, 6) is -0.921. The van der Waals surface area contributed by atoms with E-state index in [4.69, 9.17) is 0 Å². The minimum Gasteiger partial charge on any atom is -0.369 e. The largest absolute Gasteiger partial charge is 0.412 e. The summed E-state index contributed by atoms with van der Waals surface area (Å²) in [7, 11) is 0. The van der Waals surface area contributed by atoms with E-state index in [1.54, 1.807) is 32.3 Å². The van der Waals surface area contributed by atoms with Crippen molar-refractivity contribution in [2.75, 3.05) is 11.9 Å². The van der Waals surface area contributed by atoms with Crippen LogP contribution in [0.2, 0.25) is 0 Å². The number of hydrogen-bond acceptors (Lipinski definition) is 5. The number of carbonyl (C=O) groups is 1. The first-order valence-corrected chi connectivity index (χ1v) is 9.25. The molecule has 3 rings (SSSR count). The lowest BCUT2D eigenvalue weighted by molar-refractivity contribution is -0.155. The Kier molecular flexibility index (Phi) is 6.34. The Labute approximate surface area is 171 Å². The lowest BCUT2D eigenvalue weighted by Gasteiger charge is -2.22. The molecule has 1 amide bonds. The molecule has 0 spiro atoms.